The molecule has 1 N–H and O–H groups in total. The fraction of sp³-hybridized carbons (Fsp3) is 0.222. The highest BCUT2D eigenvalue weighted by molar-refractivity contribution is 6.76. The van der Waals surface area contributed by atoms with Crippen LogP contribution in [-0.4, -0.2) is 9.69 Å². The molecular formula is C9H7Cl4NO. The molecule has 0 spiro atoms. The molecule has 0 saturated heterocycles. The summed E-state index contributed by atoms with van der Waals surface area (Å²) in [6.07, 6.45) is 0. The fourth-order valence-electron chi connectivity index (χ4n) is 0.818. The highest BCUT2D eigenvalue weighted by Crippen LogP contribution is 2.28. The zero-order valence-electron chi connectivity index (χ0n) is 7.44. The molecule has 2 nitrogen and oxygen atoms in total. The van der Waals surface area contributed by atoms with Gasteiger partial charge >= 0.3 is 0 Å². The number of alkyl halides is 3. The monoisotopic (exact) mass is 285 g/mol. The van der Waals surface area contributed by atoms with Crippen LogP contribution in [0.1, 0.15) is 5.56 Å². The first-order chi connectivity index (χ1) is 6.89. The SMILES string of the molecule is N=C(OCc1ccc(Cl)cc1)C(Cl)(Cl)Cl. The van der Waals surface area contributed by atoms with Gasteiger partial charge in [-0.15, -0.1) is 0 Å². The molecule has 6 heteroatoms. The molecule has 0 bridgehead atoms. The predicted octanol–water partition coefficient (Wildman–Crippen LogP) is 4.20. The summed E-state index contributed by atoms with van der Waals surface area (Å²) in [4.78, 5) is 0. The second-order valence-corrected chi connectivity index (χ2v) is 5.46. The number of hydrogen-bond acceptors (Lipinski definition) is 2. The van der Waals surface area contributed by atoms with Gasteiger partial charge < -0.3 is 4.74 Å². The van der Waals surface area contributed by atoms with Crippen LogP contribution in [0.25, 0.3) is 0 Å². The van der Waals surface area contributed by atoms with Crippen molar-refractivity contribution in [3.8, 4) is 0 Å². The average molecular weight is 287 g/mol. The third kappa shape index (κ3) is 4.47. The molecule has 0 unspecified atom stereocenters. The highest BCUT2D eigenvalue weighted by Gasteiger charge is 2.28. The predicted molar refractivity (Wildman–Crippen MR) is 64.3 cm³/mol. The summed E-state index contributed by atoms with van der Waals surface area (Å²) in [6, 6.07) is 6.99. The van der Waals surface area contributed by atoms with Gasteiger partial charge in [0.05, 0.1) is 0 Å². The van der Waals surface area contributed by atoms with E-state index in [9.17, 15) is 0 Å². The normalized spacial score (nSPS) is 11.2. The van der Waals surface area contributed by atoms with Crippen LogP contribution in [0.2, 0.25) is 5.02 Å². The van der Waals surface area contributed by atoms with Crippen LogP contribution in [-0.2, 0) is 11.3 Å². The number of hydrogen-bond donors (Lipinski definition) is 1. The second-order valence-electron chi connectivity index (χ2n) is 2.74. The van der Waals surface area contributed by atoms with Gasteiger partial charge in [0.15, 0.2) is 0 Å². The van der Waals surface area contributed by atoms with Crippen LogP contribution >= 0.6 is 46.4 Å². The van der Waals surface area contributed by atoms with E-state index in [1.54, 1.807) is 24.3 Å². The molecule has 82 valence electrons. The van der Waals surface area contributed by atoms with Gasteiger partial charge in [-0.1, -0.05) is 58.5 Å². The summed E-state index contributed by atoms with van der Waals surface area (Å²) in [7, 11) is 0. The molecule has 0 saturated carbocycles. The zero-order valence-corrected chi connectivity index (χ0v) is 10.5. The van der Waals surface area contributed by atoms with Crippen LogP contribution < -0.4 is 0 Å². The van der Waals surface area contributed by atoms with E-state index in [0.717, 1.165) is 5.56 Å². The topological polar surface area (TPSA) is 33.1 Å². The summed E-state index contributed by atoms with van der Waals surface area (Å²) in [5, 5.41) is 7.92. The van der Waals surface area contributed by atoms with Gasteiger partial charge in [-0.3, -0.25) is 5.41 Å². The van der Waals surface area contributed by atoms with Crippen LogP contribution in [0.15, 0.2) is 24.3 Å². The van der Waals surface area contributed by atoms with E-state index in [1.165, 1.54) is 0 Å². The number of benzene rings is 1. The van der Waals surface area contributed by atoms with E-state index in [4.69, 9.17) is 56.5 Å². The molecule has 1 rings (SSSR count). The molecule has 1 aromatic carbocycles. The highest BCUT2D eigenvalue weighted by atomic mass is 35.6. The maximum absolute atomic E-state index is 7.29. The number of halogens is 4. The van der Waals surface area contributed by atoms with E-state index in [1.807, 2.05) is 0 Å². The Kier molecular flexibility index (Phi) is 4.53. The molecule has 0 atom stereocenters. The Morgan fingerprint density at radius 2 is 1.73 bits per heavy atom. The lowest BCUT2D eigenvalue weighted by atomic mass is 10.2. The molecule has 0 aliphatic heterocycles. The van der Waals surface area contributed by atoms with Gasteiger partial charge in [0, 0.05) is 5.02 Å². The van der Waals surface area contributed by atoms with Gasteiger partial charge in [-0.25, -0.2) is 0 Å². The molecule has 15 heavy (non-hydrogen) atoms. The Hall–Kier alpha value is -0.150. The van der Waals surface area contributed by atoms with E-state index >= 15 is 0 Å². The van der Waals surface area contributed by atoms with Gasteiger partial charge in [0.2, 0.25) is 5.90 Å². The smallest absolute Gasteiger partial charge is 0.265 e. The van der Waals surface area contributed by atoms with Crippen molar-refractivity contribution in [1.29, 1.82) is 5.41 Å². The third-order valence-corrected chi connectivity index (χ3v) is 2.32. The summed E-state index contributed by atoms with van der Waals surface area (Å²) in [5.41, 5.74) is 0.846. The summed E-state index contributed by atoms with van der Waals surface area (Å²) in [5.74, 6) is -0.401. The minimum absolute atomic E-state index is 0.171. The molecule has 0 heterocycles. The average Bonchev–Trinajstić information content (AvgIpc) is 2.15. The second kappa shape index (κ2) is 5.26. The summed E-state index contributed by atoms with van der Waals surface area (Å²) in [6.45, 7) is 0.171. The zero-order chi connectivity index (χ0) is 11.5. The van der Waals surface area contributed by atoms with Crippen molar-refractivity contribution < 1.29 is 4.74 Å². The third-order valence-electron chi connectivity index (χ3n) is 1.55. The molecule has 1 aromatic rings. The maximum atomic E-state index is 7.29. The van der Waals surface area contributed by atoms with Gasteiger partial charge in [-0.2, -0.15) is 0 Å². The molecule has 0 radical (unpaired) electrons. The minimum Gasteiger partial charge on any atom is -0.473 e. The van der Waals surface area contributed by atoms with Crippen LogP contribution in [0.5, 0.6) is 0 Å². The molecule has 0 aromatic heterocycles. The van der Waals surface area contributed by atoms with Crippen molar-refractivity contribution >= 4 is 52.3 Å². The van der Waals surface area contributed by atoms with E-state index < -0.39 is 9.69 Å². The number of ether oxygens (including phenoxy) is 1. The lowest BCUT2D eigenvalue weighted by Gasteiger charge is -2.13. The largest absolute Gasteiger partial charge is 0.473 e. The Labute approximate surface area is 108 Å². The first kappa shape index (κ1) is 12.9. The standard InChI is InChI=1S/C9H7Cl4NO/c10-7-3-1-6(2-4-7)5-15-8(14)9(11,12)13/h1-4,14H,5H2. The lowest BCUT2D eigenvalue weighted by Crippen LogP contribution is -2.20. The Balaban J connectivity index is 2.51. The fourth-order valence-corrected chi connectivity index (χ4v) is 1.11. The summed E-state index contributed by atoms with van der Waals surface area (Å²) >= 11 is 22.0. The first-order valence-corrected chi connectivity index (χ1v) is 5.44. The van der Waals surface area contributed by atoms with E-state index in [2.05, 4.69) is 0 Å². The molecule has 0 fully saturated rings. The van der Waals surface area contributed by atoms with Crippen LogP contribution in [0.3, 0.4) is 0 Å². The lowest BCUT2D eigenvalue weighted by molar-refractivity contribution is 0.284. The van der Waals surface area contributed by atoms with Crippen molar-refractivity contribution in [2.45, 2.75) is 10.4 Å². The minimum atomic E-state index is -1.81. The van der Waals surface area contributed by atoms with Crippen molar-refractivity contribution in [2.24, 2.45) is 0 Å². The molecular weight excluding hydrogens is 280 g/mol. The Bertz CT molecular complexity index is 344. The van der Waals surface area contributed by atoms with Crippen molar-refractivity contribution in [2.75, 3.05) is 0 Å². The van der Waals surface area contributed by atoms with Gasteiger partial charge in [-0.05, 0) is 17.7 Å². The van der Waals surface area contributed by atoms with E-state index in [0.29, 0.717) is 5.02 Å². The number of nitrogens with one attached hydrogen (secondary N) is 1. The van der Waals surface area contributed by atoms with Gasteiger partial charge in [0.1, 0.15) is 6.61 Å². The number of rotatable bonds is 2. The van der Waals surface area contributed by atoms with Crippen LogP contribution in [0.4, 0.5) is 0 Å². The van der Waals surface area contributed by atoms with Crippen molar-refractivity contribution in [1.82, 2.24) is 0 Å². The van der Waals surface area contributed by atoms with Crippen molar-refractivity contribution in [3.63, 3.8) is 0 Å². The summed E-state index contributed by atoms with van der Waals surface area (Å²) < 4.78 is 3.16. The van der Waals surface area contributed by atoms with Crippen molar-refractivity contribution in [3.05, 3.63) is 34.9 Å². The quantitative estimate of drug-likeness (QED) is 0.493. The first-order valence-electron chi connectivity index (χ1n) is 3.92. The van der Waals surface area contributed by atoms with Gasteiger partial charge in [0.25, 0.3) is 3.79 Å². The van der Waals surface area contributed by atoms with Crippen LogP contribution in [0, 0.1) is 5.41 Å². The molecule has 0 amide bonds. The molecule has 0 aliphatic carbocycles. The Morgan fingerprint density at radius 1 is 1.20 bits per heavy atom. The Morgan fingerprint density at radius 3 is 2.20 bits per heavy atom. The molecule has 0 aliphatic rings. The van der Waals surface area contributed by atoms with E-state index in [-0.39, 0.29) is 6.61 Å². The maximum Gasteiger partial charge on any atom is 0.265 e.